The fourth-order valence-electron chi connectivity index (χ4n) is 2.11. The topological polar surface area (TPSA) is 88.6 Å². The highest BCUT2D eigenvalue weighted by Gasteiger charge is 2.15. The second-order valence-electron chi connectivity index (χ2n) is 4.66. The van der Waals surface area contributed by atoms with Gasteiger partial charge in [-0.1, -0.05) is 0 Å². The maximum absolute atomic E-state index is 8.80. The molecule has 108 valence electrons. The van der Waals surface area contributed by atoms with E-state index in [2.05, 4.69) is 41.3 Å². The number of nitrogens with one attached hydrogen (secondary N) is 1. The van der Waals surface area contributed by atoms with Gasteiger partial charge in [-0.25, -0.2) is 9.97 Å². The van der Waals surface area contributed by atoms with Crippen molar-refractivity contribution < 1.29 is 0 Å². The van der Waals surface area contributed by atoms with E-state index >= 15 is 0 Å². The summed E-state index contributed by atoms with van der Waals surface area (Å²) < 4.78 is 0. The Labute approximate surface area is 127 Å². The van der Waals surface area contributed by atoms with E-state index in [9.17, 15) is 0 Å². The summed E-state index contributed by atoms with van der Waals surface area (Å²) in [5.74, 6) is 1.42. The zero-order chi connectivity index (χ0) is 15.4. The van der Waals surface area contributed by atoms with Gasteiger partial charge in [0.25, 0.3) is 0 Å². The first kappa shape index (κ1) is 15.2. The molecule has 0 amide bonds. The van der Waals surface area contributed by atoms with Crippen LogP contribution >= 0.6 is 11.3 Å². The maximum Gasteiger partial charge on any atom is 0.146 e. The van der Waals surface area contributed by atoms with Gasteiger partial charge in [-0.15, -0.1) is 11.3 Å². The highest BCUT2D eigenvalue weighted by Crippen LogP contribution is 2.33. The highest BCUT2D eigenvalue weighted by atomic mass is 32.1. The quantitative estimate of drug-likeness (QED) is 0.852. The number of fused-ring (bicyclic) bond motifs is 1. The van der Waals surface area contributed by atoms with Crippen molar-refractivity contribution in [1.82, 2.24) is 14.9 Å². The van der Waals surface area contributed by atoms with Gasteiger partial charge >= 0.3 is 0 Å². The maximum atomic E-state index is 8.80. The molecule has 0 atom stereocenters. The van der Waals surface area contributed by atoms with Crippen LogP contribution in [-0.4, -0.2) is 35.0 Å². The summed E-state index contributed by atoms with van der Waals surface area (Å²) in [5.41, 5.74) is 1.19. The van der Waals surface area contributed by atoms with Crippen molar-refractivity contribution in [2.75, 3.05) is 25.5 Å². The van der Waals surface area contributed by atoms with Gasteiger partial charge in [-0.3, -0.25) is 4.90 Å². The van der Waals surface area contributed by atoms with E-state index in [-0.39, 0.29) is 13.1 Å². The van der Waals surface area contributed by atoms with Gasteiger partial charge in [0.1, 0.15) is 16.5 Å². The van der Waals surface area contributed by atoms with Gasteiger partial charge < -0.3 is 5.32 Å². The summed E-state index contributed by atoms with van der Waals surface area (Å²) >= 11 is 1.64. The van der Waals surface area contributed by atoms with Crippen LogP contribution in [0, 0.1) is 36.5 Å². The highest BCUT2D eigenvalue weighted by molar-refractivity contribution is 7.18. The molecule has 7 heteroatoms. The predicted octanol–water partition coefficient (Wildman–Crippen LogP) is 2.20. The van der Waals surface area contributed by atoms with Crippen LogP contribution in [0.15, 0.2) is 0 Å². The van der Waals surface area contributed by atoms with E-state index in [1.54, 1.807) is 16.2 Å². The third-order valence-electron chi connectivity index (χ3n) is 3.27. The van der Waals surface area contributed by atoms with Gasteiger partial charge in [0.05, 0.1) is 37.2 Å². The molecule has 0 fully saturated rings. The fraction of sp³-hybridized carbons (Fsp3) is 0.429. The Morgan fingerprint density at radius 3 is 2.43 bits per heavy atom. The average molecular weight is 300 g/mol. The van der Waals surface area contributed by atoms with Crippen LogP contribution in [0.3, 0.4) is 0 Å². The summed E-state index contributed by atoms with van der Waals surface area (Å²) in [7, 11) is 1.83. The molecular formula is C14H16N6S. The number of anilines is 1. The number of aromatic nitrogens is 2. The Morgan fingerprint density at radius 1 is 1.19 bits per heavy atom. The molecule has 21 heavy (non-hydrogen) atoms. The van der Waals surface area contributed by atoms with Crippen molar-refractivity contribution in [3.8, 4) is 12.1 Å². The molecule has 1 N–H and O–H groups in total. The molecule has 0 saturated carbocycles. The number of aryl methyl sites for hydroxylation is 2. The third-order valence-corrected chi connectivity index (χ3v) is 4.37. The van der Waals surface area contributed by atoms with E-state index in [0.717, 1.165) is 16.0 Å². The van der Waals surface area contributed by atoms with Crippen molar-refractivity contribution >= 4 is 27.4 Å². The third kappa shape index (κ3) is 3.10. The van der Waals surface area contributed by atoms with Crippen LogP contribution in [0.5, 0.6) is 0 Å². The van der Waals surface area contributed by atoms with Crippen LogP contribution in [0.1, 0.15) is 16.3 Å². The normalized spacial score (nSPS) is 10.6. The molecule has 0 bridgehead atoms. The van der Waals surface area contributed by atoms with Gasteiger partial charge in [0.2, 0.25) is 0 Å². The average Bonchev–Trinajstić information content (AvgIpc) is 2.74. The number of hydrogen-bond donors (Lipinski definition) is 1. The summed E-state index contributed by atoms with van der Waals surface area (Å²) in [6.07, 6.45) is 0. The molecule has 0 aliphatic rings. The van der Waals surface area contributed by atoms with Crippen LogP contribution in [-0.2, 0) is 6.54 Å². The molecular weight excluding hydrogens is 284 g/mol. The smallest absolute Gasteiger partial charge is 0.146 e. The number of hydrogen-bond acceptors (Lipinski definition) is 7. The molecule has 2 aromatic heterocycles. The molecule has 0 spiro atoms. The number of nitrogens with zero attached hydrogens (tertiary/aromatic N) is 5. The van der Waals surface area contributed by atoms with Gasteiger partial charge in [-0.05, 0) is 19.4 Å². The largest absolute Gasteiger partial charge is 0.372 e. The van der Waals surface area contributed by atoms with E-state index in [1.165, 1.54) is 10.4 Å². The van der Waals surface area contributed by atoms with Crippen LogP contribution in [0.2, 0.25) is 0 Å². The van der Waals surface area contributed by atoms with Crippen molar-refractivity contribution in [2.24, 2.45) is 0 Å². The van der Waals surface area contributed by atoms with E-state index in [4.69, 9.17) is 10.5 Å². The van der Waals surface area contributed by atoms with Crippen LogP contribution in [0.25, 0.3) is 10.2 Å². The molecule has 2 rings (SSSR count). The Kier molecular flexibility index (Phi) is 4.69. The molecule has 0 saturated heterocycles. The molecule has 0 aliphatic heterocycles. The molecule has 0 unspecified atom stereocenters. The number of nitriles is 2. The zero-order valence-corrected chi connectivity index (χ0v) is 13.1. The lowest BCUT2D eigenvalue weighted by Gasteiger charge is -2.14. The lowest BCUT2D eigenvalue weighted by atomic mass is 10.2. The van der Waals surface area contributed by atoms with E-state index in [1.807, 2.05) is 7.05 Å². The molecule has 6 nitrogen and oxygen atoms in total. The molecule has 0 aromatic carbocycles. The lowest BCUT2D eigenvalue weighted by molar-refractivity contribution is 0.326. The van der Waals surface area contributed by atoms with Gasteiger partial charge in [-0.2, -0.15) is 10.5 Å². The first-order valence-corrected chi connectivity index (χ1v) is 7.33. The van der Waals surface area contributed by atoms with E-state index in [0.29, 0.717) is 12.4 Å². The fourth-order valence-corrected chi connectivity index (χ4v) is 3.16. The monoisotopic (exact) mass is 300 g/mol. The first-order chi connectivity index (χ1) is 10.1. The van der Waals surface area contributed by atoms with Crippen molar-refractivity contribution in [3.63, 3.8) is 0 Å². The summed E-state index contributed by atoms with van der Waals surface area (Å²) in [4.78, 5) is 13.0. The molecule has 2 aromatic rings. The zero-order valence-electron chi connectivity index (χ0n) is 12.3. The van der Waals surface area contributed by atoms with Crippen LogP contribution < -0.4 is 5.32 Å². The van der Waals surface area contributed by atoms with Gasteiger partial charge in [0, 0.05) is 11.9 Å². The van der Waals surface area contributed by atoms with Crippen molar-refractivity contribution in [1.29, 1.82) is 10.5 Å². The van der Waals surface area contributed by atoms with Crippen molar-refractivity contribution in [3.05, 3.63) is 16.3 Å². The minimum atomic E-state index is 0.187. The molecule has 0 aliphatic carbocycles. The summed E-state index contributed by atoms with van der Waals surface area (Å²) in [6.45, 7) is 4.90. The van der Waals surface area contributed by atoms with E-state index < -0.39 is 0 Å². The minimum Gasteiger partial charge on any atom is -0.372 e. The van der Waals surface area contributed by atoms with Crippen LogP contribution in [0.4, 0.5) is 5.82 Å². The Hall–Kier alpha value is -2.22. The first-order valence-electron chi connectivity index (χ1n) is 6.51. The minimum absolute atomic E-state index is 0.187. The second-order valence-corrected chi connectivity index (χ2v) is 5.87. The molecule has 0 radical (unpaired) electrons. The van der Waals surface area contributed by atoms with Crippen molar-refractivity contribution in [2.45, 2.75) is 20.4 Å². The Morgan fingerprint density at radius 2 is 1.86 bits per heavy atom. The summed E-state index contributed by atoms with van der Waals surface area (Å²) in [5, 5.41) is 21.8. The SMILES string of the molecule is CNc1nc(CN(CC#N)CC#N)nc2sc(C)c(C)c12. The standard InChI is InChI=1S/C14H16N6S/c1-9-10(2)21-14-12(9)13(17-3)18-11(19-14)8-20(6-4-15)7-5-16/h6-8H2,1-3H3,(H,17,18,19). The lowest BCUT2D eigenvalue weighted by Crippen LogP contribution is -2.25. The predicted molar refractivity (Wildman–Crippen MR) is 82.9 cm³/mol. The Balaban J connectivity index is 2.42. The number of thiophene rings is 1. The molecule has 2 heterocycles. The number of rotatable bonds is 5. The second kappa shape index (κ2) is 6.49. The van der Waals surface area contributed by atoms with Gasteiger partial charge in [0.15, 0.2) is 0 Å². The Bertz CT molecular complexity index is 720. The summed E-state index contributed by atoms with van der Waals surface area (Å²) in [6, 6.07) is 4.12.